The maximum absolute atomic E-state index is 13.4. The first kappa shape index (κ1) is 39.2. The molecule has 25 heteroatoms. The van der Waals surface area contributed by atoms with Gasteiger partial charge in [-0.05, 0) is 112 Å². The van der Waals surface area contributed by atoms with Crippen LogP contribution in [0.15, 0.2) is 76.1 Å². The summed E-state index contributed by atoms with van der Waals surface area (Å²) in [6.45, 7) is 3.10. The molecule has 17 nitrogen and oxygen atoms in total. The smallest absolute Gasteiger partial charge is 0.404 e. The van der Waals surface area contributed by atoms with E-state index in [1.54, 1.807) is 13.8 Å². The monoisotopic (exact) mass is 801 g/mol. The summed E-state index contributed by atoms with van der Waals surface area (Å²) in [6, 6.07) is 7.86. The zero-order valence-electron chi connectivity index (χ0n) is 27.5. The van der Waals surface area contributed by atoms with E-state index in [-0.39, 0.29) is 39.8 Å². The van der Waals surface area contributed by atoms with Crippen molar-refractivity contribution < 1.29 is 53.4 Å². The molecule has 2 aromatic carbocycles. The molecule has 5 rings (SSSR count). The molecule has 0 atom stereocenters. The number of benzene rings is 2. The highest BCUT2D eigenvalue weighted by Gasteiger charge is 2.47. The molecule has 1 aliphatic rings. The van der Waals surface area contributed by atoms with Gasteiger partial charge >= 0.3 is 12.4 Å². The van der Waals surface area contributed by atoms with Crippen LogP contribution in [0.3, 0.4) is 0 Å². The SMILES string of the molecule is Cc1nnnn1N=Cc1ccc(O)c(C(=C2C=C(N(S(=O)(=O)CC(F)(F)F)S(=O)(=O)CC(F)(F)F)C=CC2)c2cc(C=Nn3nnnc3C)ccc2O)c1. The van der Waals surface area contributed by atoms with Gasteiger partial charge in [0, 0.05) is 11.1 Å². The normalized spacial score (nSPS) is 14.3. The van der Waals surface area contributed by atoms with Gasteiger partial charge in [-0.2, -0.15) is 40.3 Å². The zero-order valence-corrected chi connectivity index (χ0v) is 29.1. The van der Waals surface area contributed by atoms with E-state index in [4.69, 9.17) is 0 Å². The number of rotatable bonds is 11. The van der Waals surface area contributed by atoms with Crippen LogP contribution in [0.5, 0.6) is 11.5 Å². The van der Waals surface area contributed by atoms with Crippen LogP contribution in [0.2, 0.25) is 0 Å². The Labute approximate surface area is 301 Å². The van der Waals surface area contributed by atoms with Gasteiger partial charge < -0.3 is 10.2 Å². The third-order valence-electron chi connectivity index (χ3n) is 7.10. The Kier molecular flexibility index (Phi) is 10.8. The van der Waals surface area contributed by atoms with E-state index in [0.29, 0.717) is 11.6 Å². The molecule has 4 aromatic rings. The fraction of sp³-hybridized carbons (Fsp3) is 0.241. The summed E-state index contributed by atoms with van der Waals surface area (Å²) in [6.07, 6.45) is -6.32. The van der Waals surface area contributed by atoms with E-state index in [0.717, 1.165) is 27.8 Å². The first-order chi connectivity index (χ1) is 25.1. The van der Waals surface area contributed by atoms with E-state index < -0.39 is 64.8 Å². The maximum atomic E-state index is 13.4. The summed E-state index contributed by atoms with van der Waals surface area (Å²) in [4.78, 5) is 2.12. The zero-order chi connectivity index (χ0) is 39.6. The molecule has 0 aliphatic heterocycles. The van der Waals surface area contributed by atoms with Crippen LogP contribution in [0, 0.1) is 13.8 Å². The molecular weight excluding hydrogens is 777 g/mol. The Morgan fingerprint density at radius 1 is 0.796 bits per heavy atom. The van der Waals surface area contributed by atoms with E-state index in [2.05, 4.69) is 41.3 Å². The number of aromatic nitrogens is 8. The number of allylic oxidation sites excluding steroid dienone is 4. The highest BCUT2D eigenvalue weighted by molar-refractivity contribution is 8.04. The first-order valence-corrected chi connectivity index (χ1v) is 18.1. The van der Waals surface area contributed by atoms with Crippen molar-refractivity contribution in [1.82, 2.24) is 44.3 Å². The number of alkyl halides is 6. The molecule has 0 fully saturated rings. The summed E-state index contributed by atoms with van der Waals surface area (Å²) < 4.78 is 131. The average molecular weight is 802 g/mol. The summed E-state index contributed by atoms with van der Waals surface area (Å²) in [5.41, 5.74) is -1.16. The van der Waals surface area contributed by atoms with Crippen molar-refractivity contribution in [2.24, 2.45) is 10.2 Å². The van der Waals surface area contributed by atoms with Gasteiger partial charge in [-0.25, -0.2) is 16.8 Å². The van der Waals surface area contributed by atoms with Gasteiger partial charge in [0.15, 0.2) is 23.2 Å². The van der Waals surface area contributed by atoms with Gasteiger partial charge in [-0.3, -0.25) is 0 Å². The van der Waals surface area contributed by atoms with Gasteiger partial charge in [-0.15, -0.1) is 19.8 Å². The van der Waals surface area contributed by atoms with Crippen molar-refractivity contribution in [3.8, 4) is 11.5 Å². The third kappa shape index (κ3) is 9.32. The lowest BCUT2D eigenvalue weighted by Crippen LogP contribution is -2.44. The van der Waals surface area contributed by atoms with Gasteiger partial charge in [0.05, 0.1) is 18.1 Å². The van der Waals surface area contributed by atoms with Crippen molar-refractivity contribution in [3.63, 3.8) is 0 Å². The molecule has 1 aliphatic carbocycles. The Morgan fingerprint density at radius 2 is 1.24 bits per heavy atom. The van der Waals surface area contributed by atoms with E-state index in [1.807, 2.05) is 0 Å². The van der Waals surface area contributed by atoms with Gasteiger partial charge in [-0.1, -0.05) is 6.08 Å². The number of nitrogens with zero attached hydrogens (tertiary/aromatic N) is 11. The number of phenols is 2. The minimum absolute atomic E-state index is 0.128. The van der Waals surface area contributed by atoms with Crippen molar-refractivity contribution in [1.29, 1.82) is 0 Å². The molecule has 286 valence electrons. The maximum Gasteiger partial charge on any atom is 0.404 e. The molecule has 0 unspecified atom stereocenters. The quantitative estimate of drug-likeness (QED) is 0.165. The molecule has 0 radical (unpaired) electrons. The Morgan fingerprint density at radius 3 is 1.63 bits per heavy atom. The fourth-order valence-electron chi connectivity index (χ4n) is 4.98. The predicted molar refractivity (Wildman–Crippen MR) is 177 cm³/mol. The van der Waals surface area contributed by atoms with Gasteiger partial charge in [0.2, 0.25) is 0 Å². The molecular formula is C29H25F6N11O6S2. The first-order valence-electron chi connectivity index (χ1n) is 14.9. The van der Waals surface area contributed by atoms with E-state index in [1.165, 1.54) is 48.8 Å². The lowest BCUT2D eigenvalue weighted by atomic mass is 9.87. The minimum atomic E-state index is -6.08. The molecule has 2 heterocycles. The number of sulfonamides is 2. The number of aryl methyl sites for hydroxylation is 2. The van der Waals surface area contributed by atoms with Crippen LogP contribution in [-0.4, -0.2) is 108 Å². The standard InChI is InChI=1S/C29H25F6N11O6S2/c1-17-38-40-42-44(17)36-13-19-6-8-25(47)23(10-19)27(24-11-20(7-9-26(24)48)14-37-45-18(2)39-41-43-45)21-4-3-5-22(12-21)46(53(49,50)15-28(30,31)32)54(51,52)16-29(33,34)35/h3,5-14,47-48H,4,15-16H2,1-2H3. The largest absolute Gasteiger partial charge is 0.507 e. The Hall–Kier alpha value is -5.98. The van der Waals surface area contributed by atoms with Crippen LogP contribution in [0.4, 0.5) is 26.3 Å². The Bertz CT molecular complexity index is 2310. The highest BCUT2D eigenvalue weighted by Crippen LogP contribution is 2.41. The van der Waals surface area contributed by atoms with Crippen LogP contribution < -0.4 is 0 Å². The summed E-state index contributed by atoms with van der Waals surface area (Å²) >= 11 is 0. The fourth-order valence-corrected chi connectivity index (χ4v) is 8.61. The minimum Gasteiger partial charge on any atom is -0.507 e. The second kappa shape index (κ2) is 14.8. The highest BCUT2D eigenvalue weighted by atomic mass is 32.3. The average Bonchev–Trinajstić information content (AvgIpc) is 3.65. The van der Waals surface area contributed by atoms with E-state index >= 15 is 0 Å². The molecule has 0 amide bonds. The van der Waals surface area contributed by atoms with Crippen LogP contribution in [0.25, 0.3) is 5.57 Å². The number of tetrazole rings is 2. The number of aromatic hydroxyl groups is 2. The lowest BCUT2D eigenvalue weighted by Gasteiger charge is -2.28. The molecule has 0 bridgehead atoms. The summed E-state index contributed by atoms with van der Waals surface area (Å²) in [5, 5.41) is 52.2. The number of halogens is 6. The number of hydrogen-bond acceptors (Lipinski definition) is 14. The molecule has 0 saturated carbocycles. The summed E-state index contributed by atoms with van der Waals surface area (Å²) in [7, 11) is -12.2. The van der Waals surface area contributed by atoms with Crippen LogP contribution >= 0.6 is 0 Å². The van der Waals surface area contributed by atoms with Crippen LogP contribution in [0.1, 0.15) is 40.3 Å². The molecule has 2 N–H and O–H groups in total. The second-order valence-electron chi connectivity index (χ2n) is 11.3. The van der Waals surface area contributed by atoms with Crippen molar-refractivity contribution in [2.75, 3.05) is 11.5 Å². The predicted octanol–water partition coefficient (Wildman–Crippen LogP) is 3.18. The lowest BCUT2D eigenvalue weighted by molar-refractivity contribution is -0.107. The van der Waals surface area contributed by atoms with Gasteiger partial charge in [0.1, 0.15) is 11.5 Å². The molecule has 0 saturated heterocycles. The van der Waals surface area contributed by atoms with E-state index in [9.17, 15) is 53.4 Å². The topological polar surface area (TPSA) is 224 Å². The molecule has 0 spiro atoms. The molecule has 2 aromatic heterocycles. The number of phenolic OH excluding ortho intramolecular Hbond substituents is 2. The third-order valence-corrected chi connectivity index (χ3v) is 11.3. The van der Waals surface area contributed by atoms with Crippen LogP contribution in [-0.2, 0) is 20.0 Å². The second-order valence-corrected chi connectivity index (χ2v) is 15.2. The van der Waals surface area contributed by atoms with Crippen molar-refractivity contribution >= 4 is 38.0 Å². The summed E-state index contributed by atoms with van der Waals surface area (Å²) in [5.74, 6) is -6.00. The number of hydrogen-bond donors (Lipinski definition) is 2. The van der Waals surface area contributed by atoms with Crippen molar-refractivity contribution in [2.45, 2.75) is 32.6 Å². The van der Waals surface area contributed by atoms with Gasteiger partial charge in [0.25, 0.3) is 20.0 Å². The van der Waals surface area contributed by atoms with Crippen molar-refractivity contribution in [3.05, 3.63) is 99.8 Å². The Balaban J connectivity index is 1.78. The molecule has 54 heavy (non-hydrogen) atoms.